The molecule has 0 aromatic rings. The van der Waals surface area contributed by atoms with Gasteiger partial charge >= 0.3 is 0 Å². The molecular weight excluding hydrogens is 153 g/mol. The predicted molar refractivity (Wildman–Crippen MR) is 50.0 cm³/mol. The summed E-state index contributed by atoms with van der Waals surface area (Å²) in [6, 6.07) is 0.561. The van der Waals surface area contributed by atoms with Crippen molar-refractivity contribution in [1.29, 1.82) is 0 Å². The number of likely N-dealkylation sites (tertiary alicyclic amines) is 1. The predicted octanol–water partition coefficient (Wildman–Crippen LogP) is 2.46. The van der Waals surface area contributed by atoms with E-state index in [-0.39, 0.29) is 0 Å². The molecule has 0 radical (unpaired) electrons. The maximum Gasteiger partial charge on any atom is 0.114 e. The van der Waals surface area contributed by atoms with E-state index in [0.29, 0.717) is 12.6 Å². The molecule has 1 heterocycles. The number of hydrogen-bond acceptors (Lipinski definition) is 1. The second-order valence-corrected chi connectivity index (χ2v) is 4.36. The highest BCUT2D eigenvalue weighted by atomic mass is 19.1. The minimum absolute atomic E-state index is 0.561. The molecule has 1 rings (SSSR count). The van der Waals surface area contributed by atoms with Gasteiger partial charge in [0.2, 0.25) is 0 Å². The molecule has 0 spiro atoms. The molecule has 0 saturated carbocycles. The molecule has 0 aromatic heterocycles. The lowest BCUT2D eigenvalue weighted by Gasteiger charge is -2.24. The number of rotatable bonds is 3. The van der Waals surface area contributed by atoms with Crippen LogP contribution in [0.5, 0.6) is 0 Å². The van der Waals surface area contributed by atoms with Crippen LogP contribution in [-0.2, 0) is 0 Å². The lowest BCUT2D eigenvalue weighted by molar-refractivity contribution is 0.210. The average molecular weight is 173 g/mol. The summed E-state index contributed by atoms with van der Waals surface area (Å²) in [6.07, 6.45) is 1.36. The van der Waals surface area contributed by atoms with E-state index in [4.69, 9.17) is 0 Å². The number of nitrogens with zero attached hydrogens (tertiary/aromatic N) is 1. The van der Waals surface area contributed by atoms with Gasteiger partial charge in [-0.05, 0) is 25.7 Å². The summed E-state index contributed by atoms with van der Waals surface area (Å²) in [5.74, 6) is 0.721. The van der Waals surface area contributed by atoms with Gasteiger partial charge in [0.1, 0.15) is 6.17 Å². The molecule has 2 atom stereocenters. The van der Waals surface area contributed by atoms with E-state index in [1.54, 1.807) is 0 Å². The van der Waals surface area contributed by atoms with E-state index < -0.39 is 6.17 Å². The Morgan fingerprint density at radius 2 is 2.08 bits per heavy atom. The minimum Gasteiger partial charge on any atom is -0.298 e. The zero-order chi connectivity index (χ0) is 9.14. The Hall–Kier alpha value is -0.110. The van der Waals surface area contributed by atoms with Crippen LogP contribution in [0.15, 0.2) is 0 Å². The van der Waals surface area contributed by atoms with Gasteiger partial charge in [0, 0.05) is 19.1 Å². The molecule has 1 unspecified atom stereocenters. The molecule has 0 amide bonds. The number of alkyl halides is 1. The second kappa shape index (κ2) is 4.22. The normalized spacial score (nSPS) is 28.2. The highest BCUT2D eigenvalue weighted by Gasteiger charge is 2.25. The summed E-state index contributed by atoms with van der Waals surface area (Å²) >= 11 is 0. The summed E-state index contributed by atoms with van der Waals surface area (Å²) in [6.45, 7) is 8.26. The maximum atomic E-state index is 12.8. The van der Waals surface area contributed by atoms with Gasteiger partial charge in [-0.3, -0.25) is 4.90 Å². The second-order valence-electron chi connectivity index (χ2n) is 4.36. The van der Waals surface area contributed by atoms with Crippen LogP contribution in [0.1, 0.15) is 33.6 Å². The number of halogens is 1. The highest BCUT2D eigenvalue weighted by molar-refractivity contribution is 4.79. The molecule has 1 aliphatic heterocycles. The quantitative estimate of drug-likeness (QED) is 0.633. The van der Waals surface area contributed by atoms with Gasteiger partial charge in [-0.2, -0.15) is 0 Å². The SMILES string of the molecule is CC(C)CC(C)N1CC[C@H](F)C1. The van der Waals surface area contributed by atoms with E-state index in [9.17, 15) is 4.39 Å². The summed E-state index contributed by atoms with van der Waals surface area (Å²) in [4.78, 5) is 2.27. The van der Waals surface area contributed by atoms with Crippen LogP contribution in [0, 0.1) is 5.92 Å². The average Bonchev–Trinajstić information content (AvgIpc) is 2.34. The first kappa shape index (κ1) is 9.97. The Labute approximate surface area is 74.9 Å². The third-order valence-electron chi connectivity index (χ3n) is 2.60. The fourth-order valence-electron chi connectivity index (χ4n) is 1.97. The standard InChI is InChI=1S/C10H20FN/c1-8(2)6-9(3)12-5-4-10(11)7-12/h8-10H,4-7H2,1-3H3/t9?,10-/m0/s1. The molecule has 1 nitrogen and oxygen atoms in total. The smallest absolute Gasteiger partial charge is 0.114 e. The fraction of sp³-hybridized carbons (Fsp3) is 1.00. The molecule has 0 bridgehead atoms. The Bertz CT molecular complexity index is 136. The molecule has 2 heteroatoms. The van der Waals surface area contributed by atoms with Gasteiger partial charge < -0.3 is 0 Å². The Morgan fingerprint density at radius 3 is 2.50 bits per heavy atom. The topological polar surface area (TPSA) is 3.24 Å². The van der Waals surface area contributed by atoms with E-state index >= 15 is 0 Å². The van der Waals surface area contributed by atoms with Crippen LogP contribution in [0.2, 0.25) is 0 Å². The molecule has 0 aromatic carbocycles. The molecule has 1 saturated heterocycles. The van der Waals surface area contributed by atoms with E-state index in [2.05, 4.69) is 25.7 Å². The van der Waals surface area contributed by atoms with Crippen molar-refractivity contribution in [2.45, 2.75) is 45.8 Å². The third-order valence-corrected chi connectivity index (χ3v) is 2.60. The molecule has 1 fully saturated rings. The van der Waals surface area contributed by atoms with Gasteiger partial charge in [-0.25, -0.2) is 4.39 Å². The van der Waals surface area contributed by atoms with Crippen molar-refractivity contribution in [2.24, 2.45) is 5.92 Å². The van der Waals surface area contributed by atoms with Crippen LogP contribution in [0.25, 0.3) is 0 Å². The monoisotopic (exact) mass is 173 g/mol. The molecule has 1 aliphatic rings. The minimum atomic E-state index is -0.570. The van der Waals surface area contributed by atoms with Crippen LogP contribution < -0.4 is 0 Å². The largest absolute Gasteiger partial charge is 0.298 e. The Balaban J connectivity index is 2.28. The zero-order valence-electron chi connectivity index (χ0n) is 8.39. The maximum absolute atomic E-state index is 12.8. The highest BCUT2D eigenvalue weighted by Crippen LogP contribution is 2.19. The fourth-order valence-corrected chi connectivity index (χ4v) is 1.97. The summed E-state index contributed by atoms with van der Waals surface area (Å²) in [7, 11) is 0. The van der Waals surface area contributed by atoms with Gasteiger partial charge in [-0.15, -0.1) is 0 Å². The molecule has 0 N–H and O–H groups in total. The first-order chi connectivity index (χ1) is 5.59. The summed E-state index contributed by atoms with van der Waals surface area (Å²) in [5, 5.41) is 0. The Kier molecular flexibility index (Phi) is 3.51. The van der Waals surface area contributed by atoms with Crippen molar-refractivity contribution in [3.8, 4) is 0 Å². The van der Waals surface area contributed by atoms with Crippen LogP contribution >= 0.6 is 0 Å². The van der Waals surface area contributed by atoms with Gasteiger partial charge in [0.05, 0.1) is 0 Å². The van der Waals surface area contributed by atoms with E-state index in [1.807, 2.05) is 0 Å². The van der Waals surface area contributed by atoms with Crippen molar-refractivity contribution < 1.29 is 4.39 Å². The first-order valence-corrected chi connectivity index (χ1v) is 4.97. The van der Waals surface area contributed by atoms with Crippen molar-refractivity contribution in [3.63, 3.8) is 0 Å². The van der Waals surface area contributed by atoms with E-state index in [0.717, 1.165) is 18.9 Å². The van der Waals surface area contributed by atoms with Gasteiger partial charge in [-0.1, -0.05) is 13.8 Å². The van der Waals surface area contributed by atoms with Crippen molar-refractivity contribution >= 4 is 0 Å². The molecular formula is C10H20FN. The van der Waals surface area contributed by atoms with Gasteiger partial charge in [0.25, 0.3) is 0 Å². The molecule has 0 aliphatic carbocycles. The van der Waals surface area contributed by atoms with Crippen molar-refractivity contribution in [1.82, 2.24) is 4.90 Å². The first-order valence-electron chi connectivity index (χ1n) is 4.97. The zero-order valence-corrected chi connectivity index (χ0v) is 8.39. The molecule has 12 heavy (non-hydrogen) atoms. The van der Waals surface area contributed by atoms with Crippen molar-refractivity contribution in [3.05, 3.63) is 0 Å². The Morgan fingerprint density at radius 1 is 1.42 bits per heavy atom. The lowest BCUT2D eigenvalue weighted by atomic mass is 10.0. The third kappa shape index (κ3) is 2.74. The van der Waals surface area contributed by atoms with Crippen molar-refractivity contribution in [2.75, 3.05) is 13.1 Å². The van der Waals surface area contributed by atoms with E-state index in [1.165, 1.54) is 6.42 Å². The summed E-state index contributed by atoms with van der Waals surface area (Å²) in [5.41, 5.74) is 0. The number of hydrogen-bond donors (Lipinski definition) is 0. The van der Waals surface area contributed by atoms with Gasteiger partial charge in [0.15, 0.2) is 0 Å². The van der Waals surface area contributed by atoms with Crippen LogP contribution in [-0.4, -0.2) is 30.2 Å². The van der Waals surface area contributed by atoms with Crippen LogP contribution in [0.4, 0.5) is 4.39 Å². The van der Waals surface area contributed by atoms with Crippen LogP contribution in [0.3, 0.4) is 0 Å². The summed E-state index contributed by atoms with van der Waals surface area (Å²) < 4.78 is 12.8. The molecule has 72 valence electrons. The lowest BCUT2D eigenvalue weighted by Crippen LogP contribution is -2.32.